The Labute approximate surface area is 86.1 Å². The first-order valence-electron chi connectivity index (χ1n) is 3.66. The van der Waals surface area contributed by atoms with Crippen molar-refractivity contribution in [1.82, 2.24) is 0 Å². The number of halogens is 2. The Morgan fingerprint density at radius 2 is 1.18 bits per heavy atom. The van der Waals surface area contributed by atoms with Gasteiger partial charge in [0, 0.05) is 8.65 Å². The number of ether oxygens (including phenoxy) is 1. The largest absolute Gasteiger partial charge is 0.379 e. The van der Waals surface area contributed by atoms with Crippen LogP contribution in [-0.4, -0.2) is 21.9 Å². The first-order valence-corrected chi connectivity index (χ1v) is 5.25. The van der Waals surface area contributed by atoms with E-state index in [1.165, 1.54) is 0 Å². The summed E-state index contributed by atoms with van der Waals surface area (Å²) in [6.07, 6.45) is 0. The lowest BCUT2D eigenvalue weighted by Crippen LogP contribution is -2.25. The molecule has 0 saturated carbocycles. The SMILES string of the molecule is CC(C)(Br)COCC(C)(C)Br. The standard InChI is InChI=1S/C8H16Br2O/c1-7(2,9)5-11-6-8(3,4)10/h5-6H2,1-4H3. The van der Waals surface area contributed by atoms with E-state index in [0.717, 1.165) is 13.2 Å². The van der Waals surface area contributed by atoms with E-state index in [0.29, 0.717) is 0 Å². The Hall–Kier alpha value is 0.920. The van der Waals surface area contributed by atoms with Crippen LogP contribution in [-0.2, 0) is 4.74 Å². The van der Waals surface area contributed by atoms with Gasteiger partial charge in [-0.1, -0.05) is 31.9 Å². The Bertz CT molecular complexity index is 96.2. The average Bonchev–Trinajstić information content (AvgIpc) is 1.55. The Morgan fingerprint density at radius 1 is 0.909 bits per heavy atom. The molecule has 0 aromatic carbocycles. The summed E-state index contributed by atoms with van der Waals surface area (Å²) in [5.41, 5.74) is 0. The summed E-state index contributed by atoms with van der Waals surface area (Å²) in [6, 6.07) is 0. The van der Waals surface area contributed by atoms with Crippen molar-refractivity contribution in [2.45, 2.75) is 36.3 Å². The van der Waals surface area contributed by atoms with Gasteiger partial charge in [0.1, 0.15) is 0 Å². The van der Waals surface area contributed by atoms with Gasteiger partial charge in [0.05, 0.1) is 13.2 Å². The lowest BCUT2D eigenvalue weighted by atomic mass is 10.2. The Balaban J connectivity index is 3.44. The van der Waals surface area contributed by atoms with E-state index in [-0.39, 0.29) is 8.65 Å². The van der Waals surface area contributed by atoms with E-state index in [1.54, 1.807) is 0 Å². The van der Waals surface area contributed by atoms with E-state index in [2.05, 4.69) is 59.6 Å². The van der Waals surface area contributed by atoms with Crippen LogP contribution in [0.2, 0.25) is 0 Å². The minimum absolute atomic E-state index is 0.0885. The lowest BCUT2D eigenvalue weighted by molar-refractivity contribution is 0.109. The Kier molecular flexibility index (Phi) is 4.59. The second-order valence-electron chi connectivity index (χ2n) is 3.93. The number of hydrogen-bond acceptors (Lipinski definition) is 1. The predicted octanol–water partition coefficient (Wildman–Crippen LogP) is 3.35. The van der Waals surface area contributed by atoms with Crippen molar-refractivity contribution in [3.63, 3.8) is 0 Å². The smallest absolute Gasteiger partial charge is 0.0614 e. The molecule has 0 spiro atoms. The van der Waals surface area contributed by atoms with Crippen molar-refractivity contribution in [1.29, 1.82) is 0 Å². The van der Waals surface area contributed by atoms with Crippen molar-refractivity contribution < 1.29 is 4.74 Å². The molecule has 0 N–H and O–H groups in total. The van der Waals surface area contributed by atoms with Crippen molar-refractivity contribution in [2.75, 3.05) is 13.2 Å². The summed E-state index contributed by atoms with van der Waals surface area (Å²) in [6.45, 7) is 9.84. The van der Waals surface area contributed by atoms with Gasteiger partial charge in [-0.3, -0.25) is 0 Å². The summed E-state index contributed by atoms with van der Waals surface area (Å²) in [7, 11) is 0. The molecule has 0 aromatic rings. The van der Waals surface area contributed by atoms with Gasteiger partial charge in [0.25, 0.3) is 0 Å². The fourth-order valence-corrected chi connectivity index (χ4v) is 0.860. The summed E-state index contributed by atoms with van der Waals surface area (Å²) < 4.78 is 5.65. The fraction of sp³-hybridized carbons (Fsp3) is 1.00. The zero-order valence-electron chi connectivity index (χ0n) is 7.58. The Morgan fingerprint density at radius 3 is 1.36 bits per heavy atom. The number of rotatable bonds is 4. The molecule has 0 atom stereocenters. The molecule has 0 aliphatic rings. The van der Waals surface area contributed by atoms with Crippen LogP contribution in [0.3, 0.4) is 0 Å². The molecular weight excluding hydrogens is 272 g/mol. The first-order chi connectivity index (χ1) is 4.71. The fourth-order valence-electron chi connectivity index (χ4n) is 0.536. The molecule has 0 bridgehead atoms. The van der Waals surface area contributed by atoms with Crippen molar-refractivity contribution in [3.05, 3.63) is 0 Å². The average molecular weight is 288 g/mol. The van der Waals surface area contributed by atoms with E-state index in [9.17, 15) is 0 Å². The molecule has 0 aromatic heterocycles. The van der Waals surface area contributed by atoms with E-state index in [4.69, 9.17) is 4.74 Å². The van der Waals surface area contributed by atoms with Crippen molar-refractivity contribution >= 4 is 31.9 Å². The molecule has 0 aliphatic carbocycles. The first kappa shape index (κ1) is 11.9. The van der Waals surface area contributed by atoms with Gasteiger partial charge in [-0.2, -0.15) is 0 Å². The maximum atomic E-state index is 5.47. The molecule has 0 aliphatic heterocycles. The molecule has 0 saturated heterocycles. The van der Waals surface area contributed by atoms with Gasteiger partial charge in [0.2, 0.25) is 0 Å². The maximum Gasteiger partial charge on any atom is 0.0614 e. The quantitative estimate of drug-likeness (QED) is 0.721. The predicted molar refractivity (Wildman–Crippen MR) is 56.8 cm³/mol. The van der Waals surface area contributed by atoms with Crippen molar-refractivity contribution in [2.24, 2.45) is 0 Å². The summed E-state index contributed by atoms with van der Waals surface area (Å²) in [5.74, 6) is 0. The third-order valence-electron chi connectivity index (χ3n) is 0.891. The van der Waals surface area contributed by atoms with Gasteiger partial charge >= 0.3 is 0 Å². The topological polar surface area (TPSA) is 9.23 Å². The molecule has 0 unspecified atom stereocenters. The van der Waals surface area contributed by atoms with Crippen LogP contribution in [0.25, 0.3) is 0 Å². The zero-order valence-corrected chi connectivity index (χ0v) is 10.8. The van der Waals surface area contributed by atoms with Gasteiger partial charge in [-0.15, -0.1) is 0 Å². The van der Waals surface area contributed by atoms with Crippen molar-refractivity contribution in [3.8, 4) is 0 Å². The third-order valence-corrected chi connectivity index (χ3v) is 1.35. The second kappa shape index (κ2) is 4.24. The van der Waals surface area contributed by atoms with Gasteiger partial charge < -0.3 is 4.74 Å². The van der Waals surface area contributed by atoms with Gasteiger partial charge in [-0.05, 0) is 27.7 Å². The van der Waals surface area contributed by atoms with E-state index in [1.807, 2.05) is 0 Å². The lowest BCUT2D eigenvalue weighted by Gasteiger charge is -2.20. The zero-order chi connectivity index (χ0) is 9.12. The monoisotopic (exact) mass is 286 g/mol. The van der Waals surface area contributed by atoms with Crippen LogP contribution in [0.4, 0.5) is 0 Å². The summed E-state index contributed by atoms with van der Waals surface area (Å²) >= 11 is 7.01. The molecule has 68 valence electrons. The van der Waals surface area contributed by atoms with Crippen LogP contribution in [0.1, 0.15) is 27.7 Å². The van der Waals surface area contributed by atoms with Crippen LogP contribution in [0, 0.1) is 0 Å². The molecule has 0 rings (SSSR count). The molecule has 1 nitrogen and oxygen atoms in total. The van der Waals surface area contributed by atoms with Gasteiger partial charge in [-0.25, -0.2) is 0 Å². The van der Waals surface area contributed by atoms with Crippen LogP contribution >= 0.6 is 31.9 Å². The molecule has 0 heterocycles. The van der Waals surface area contributed by atoms with Crippen LogP contribution in [0.5, 0.6) is 0 Å². The molecule has 11 heavy (non-hydrogen) atoms. The molecule has 0 radical (unpaired) electrons. The highest BCUT2D eigenvalue weighted by atomic mass is 79.9. The summed E-state index contributed by atoms with van der Waals surface area (Å²) in [4.78, 5) is 0. The van der Waals surface area contributed by atoms with Crippen LogP contribution in [0.15, 0.2) is 0 Å². The third kappa shape index (κ3) is 10.9. The highest BCUT2D eigenvalue weighted by Gasteiger charge is 2.17. The van der Waals surface area contributed by atoms with E-state index < -0.39 is 0 Å². The van der Waals surface area contributed by atoms with Gasteiger partial charge in [0.15, 0.2) is 0 Å². The molecule has 3 heteroatoms. The number of alkyl halides is 2. The molecular formula is C8H16Br2O. The maximum absolute atomic E-state index is 5.47. The van der Waals surface area contributed by atoms with E-state index >= 15 is 0 Å². The highest BCUT2D eigenvalue weighted by molar-refractivity contribution is 9.10. The highest BCUT2D eigenvalue weighted by Crippen LogP contribution is 2.19. The number of hydrogen-bond donors (Lipinski definition) is 0. The minimum Gasteiger partial charge on any atom is -0.379 e. The molecule has 0 fully saturated rings. The second-order valence-corrected chi connectivity index (χ2v) is 8.22. The summed E-state index contributed by atoms with van der Waals surface area (Å²) in [5, 5.41) is 0. The van der Waals surface area contributed by atoms with Crippen LogP contribution < -0.4 is 0 Å². The molecule has 0 amide bonds. The normalized spacial score (nSPS) is 13.6. The minimum atomic E-state index is 0.0885.